The molecule has 2 unspecified atom stereocenters. The van der Waals surface area contributed by atoms with Crippen molar-refractivity contribution in [3.05, 3.63) is 53.2 Å². The number of benzene rings is 1. The van der Waals surface area contributed by atoms with Crippen LogP contribution in [0, 0.1) is 18.6 Å². The van der Waals surface area contributed by atoms with Gasteiger partial charge in [-0.1, -0.05) is 0 Å². The van der Waals surface area contributed by atoms with Crippen molar-refractivity contribution in [2.75, 3.05) is 0 Å². The highest BCUT2D eigenvalue weighted by atomic mass is 19.1. The molecule has 2 atom stereocenters. The first-order valence-electron chi connectivity index (χ1n) is 6.89. The van der Waals surface area contributed by atoms with Crippen LogP contribution >= 0.6 is 0 Å². The van der Waals surface area contributed by atoms with Gasteiger partial charge in [-0.05, 0) is 31.0 Å². The number of hydrogen-bond acceptors (Lipinski definition) is 0. The molecule has 1 fully saturated rings. The molecule has 102 valence electrons. The molecule has 2 heterocycles. The van der Waals surface area contributed by atoms with E-state index < -0.39 is 11.6 Å². The second-order valence-corrected chi connectivity index (χ2v) is 6.55. The first-order valence-corrected chi connectivity index (χ1v) is 6.89. The van der Waals surface area contributed by atoms with Crippen molar-refractivity contribution in [1.29, 1.82) is 0 Å². The molecule has 1 aliphatic carbocycles. The number of nitrogens with zero attached hydrogens (tertiary/aromatic N) is 1. The first-order chi connectivity index (χ1) is 9.37. The lowest BCUT2D eigenvalue weighted by Crippen LogP contribution is -2.53. The Morgan fingerprint density at radius 1 is 1.15 bits per heavy atom. The van der Waals surface area contributed by atoms with E-state index in [0.29, 0.717) is 5.56 Å². The van der Waals surface area contributed by atoms with E-state index in [2.05, 4.69) is 18.4 Å². The van der Waals surface area contributed by atoms with Crippen LogP contribution in [0.25, 0.3) is 11.3 Å². The van der Waals surface area contributed by atoms with Crippen molar-refractivity contribution in [1.82, 2.24) is 0 Å². The summed E-state index contributed by atoms with van der Waals surface area (Å²) in [6.45, 7) is 6.25. The third kappa shape index (κ3) is 1.19. The van der Waals surface area contributed by atoms with Crippen LogP contribution in [0.2, 0.25) is 0 Å². The third-order valence-corrected chi connectivity index (χ3v) is 5.31. The predicted octanol–water partition coefficient (Wildman–Crippen LogP) is 3.62. The van der Waals surface area contributed by atoms with Gasteiger partial charge >= 0.3 is 0 Å². The van der Waals surface area contributed by atoms with E-state index >= 15 is 0 Å². The molecule has 2 aromatic rings. The number of hydrogen-bond donors (Lipinski definition) is 0. The van der Waals surface area contributed by atoms with Crippen LogP contribution in [-0.2, 0) is 11.0 Å². The molecule has 1 aromatic heterocycles. The van der Waals surface area contributed by atoms with Crippen LogP contribution in [-0.4, -0.2) is 0 Å². The fourth-order valence-electron chi connectivity index (χ4n) is 3.88. The summed E-state index contributed by atoms with van der Waals surface area (Å²) in [6.07, 6.45) is 2.94. The Hall–Kier alpha value is -1.77. The van der Waals surface area contributed by atoms with E-state index in [-0.39, 0.29) is 11.0 Å². The quantitative estimate of drug-likeness (QED) is 0.645. The maximum Gasteiger partial charge on any atom is 0.216 e. The van der Waals surface area contributed by atoms with Crippen molar-refractivity contribution in [3.8, 4) is 11.3 Å². The van der Waals surface area contributed by atoms with Crippen molar-refractivity contribution >= 4 is 0 Å². The molecule has 3 heteroatoms. The minimum absolute atomic E-state index is 0.0801. The Morgan fingerprint density at radius 3 is 2.65 bits per heavy atom. The molecular formula is C17H16F2N+. The number of fused-ring (bicyclic) bond motifs is 6. The monoisotopic (exact) mass is 272 g/mol. The van der Waals surface area contributed by atoms with Gasteiger partial charge in [-0.3, -0.25) is 0 Å². The van der Waals surface area contributed by atoms with E-state index in [9.17, 15) is 8.78 Å². The summed E-state index contributed by atoms with van der Waals surface area (Å²) >= 11 is 0. The van der Waals surface area contributed by atoms with E-state index in [1.165, 1.54) is 6.07 Å². The summed E-state index contributed by atoms with van der Waals surface area (Å²) in [6, 6.07) is 6.53. The molecule has 1 aromatic carbocycles. The van der Waals surface area contributed by atoms with E-state index in [0.717, 1.165) is 29.3 Å². The second-order valence-electron chi connectivity index (χ2n) is 6.55. The zero-order valence-corrected chi connectivity index (χ0v) is 11.8. The van der Waals surface area contributed by atoms with E-state index in [1.54, 1.807) is 0 Å². The molecule has 1 aliphatic heterocycles. The molecular weight excluding hydrogens is 256 g/mol. The molecule has 1 nitrogen and oxygen atoms in total. The van der Waals surface area contributed by atoms with Crippen LogP contribution in [0.15, 0.2) is 30.5 Å². The Morgan fingerprint density at radius 2 is 1.90 bits per heavy atom. The topological polar surface area (TPSA) is 3.88 Å². The van der Waals surface area contributed by atoms with Crippen molar-refractivity contribution in [3.63, 3.8) is 0 Å². The van der Waals surface area contributed by atoms with E-state index in [1.807, 2.05) is 25.3 Å². The third-order valence-electron chi connectivity index (χ3n) is 5.31. The highest BCUT2D eigenvalue weighted by Crippen LogP contribution is 2.63. The molecule has 20 heavy (non-hydrogen) atoms. The molecule has 0 radical (unpaired) electrons. The first kappa shape index (κ1) is 12.0. The molecule has 1 saturated carbocycles. The van der Waals surface area contributed by atoms with Crippen LogP contribution in [0.3, 0.4) is 0 Å². The molecule has 0 saturated heterocycles. The Kier molecular flexibility index (Phi) is 1.97. The lowest BCUT2D eigenvalue weighted by Gasteiger charge is -2.25. The molecule has 4 rings (SSSR count). The molecule has 0 spiro atoms. The Bertz CT molecular complexity index is 768. The largest absolute Gasteiger partial charge is 0.216 e. The summed E-state index contributed by atoms with van der Waals surface area (Å²) < 4.78 is 30.2. The zero-order valence-electron chi connectivity index (χ0n) is 11.8. The Balaban J connectivity index is 2.15. The fraction of sp³-hybridized carbons (Fsp3) is 0.353. The second kappa shape index (κ2) is 3.27. The smallest absolute Gasteiger partial charge is 0.207 e. The van der Waals surface area contributed by atoms with Gasteiger partial charge in [0.25, 0.3) is 0 Å². The predicted molar refractivity (Wildman–Crippen MR) is 72.3 cm³/mol. The van der Waals surface area contributed by atoms with Crippen LogP contribution in [0.1, 0.15) is 31.4 Å². The van der Waals surface area contributed by atoms with Gasteiger partial charge < -0.3 is 0 Å². The average Bonchev–Trinajstić information content (AvgIpc) is 2.93. The SMILES string of the molecule is Cc1cc[n+]2c(c1)-c1c(F)cc(F)cc1C1(C)CC21C. The van der Waals surface area contributed by atoms with Gasteiger partial charge in [-0.2, -0.15) is 4.57 Å². The maximum atomic E-state index is 14.4. The highest BCUT2D eigenvalue weighted by molar-refractivity contribution is 5.68. The number of rotatable bonds is 0. The molecule has 0 N–H and O–H groups in total. The average molecular weight is 272 g/mol. The van der Waals surface area contributed by atoms with Crippen LogP contribution in [0.5, 0.6) is 0 Å². The number of aromatic nitrogens is 1. The summed E-state index contributed by atoms with van der Waals surface area (Å²) in [5.74, 6) is -0.952. The van der Waals surface area contributed by atoms with Crippen molar-refractivity contribution in [2.45, 2.75) is 38.1 Å². The number of pyridine rings is 1. The van der Waals surface area contributed by atoms with Crippen molar-refractivity contribution < 1.29 is 13.3 Å². The van der Waals surface area contributed by atoms with Gasteiger partial charge in [0.05, 0.1) is 11.0 Å². The van der Waals surface area contributed by atoms with Gasteiger partial charge in [0.15, 0.2) is 11.7 Å². The number of aryl methyl sites for hydroxylation is 1. The molecule has 0 amide bonds. The summed E-state index contributed by atoms with van der Waals surface area (Å²) in [5.41, 5.74) is 3.05. The zero-order chi connectivity index (χ0) is 14.3. The summed E-state index contributed by atoms with van der Waals surface area (Å²) in [4.78, 5) is 0. The highest BCUT2D eigenvalue weighted by Gasteiger charge is 2.73. The standard InChI is InChI=1S/C17H16F2N/c1-10-4-5-20-14(6-10)15-12(7-11(18)8-13(15)19)16(2)9-17(16,20)3/h4-8H,9H2,1-3H3/q+1. The lowest BCUT2D eigenvalue weighted by molar-refractivity contribution is -0.731. The van der Waals surface area contributed by atoms with Gasteiger partial charge in [-0.15, -0.1) is 0 Å². The lowest BCUT2D eigenvalue weighted by atomic mass is 9.83. The minimum Gasteiger partial charge on any atom is -0.207 e. The normalized spacial score (nSPS) is 29.4. The molecule has 0 bridgehead atoms. The maximum absolute atomic E-state index is 14.4. The summed E-state index contributed by atoms with van der Waals surface area (Å²) in [5, 5.41) is 0. The van der Waals surface area contributed by atoms with E-state index in [4.69, 9.17) is 0 Å². The Labute approximate surface area is 116 Å². The van der Waals surface area contributed by atoms with Crippen LogP contribution in [0.4, 0.5) is 8.78 Å². The van der Waals surface area contributed by atoms with Gasteiger partial charge in [0.2, 0.25) is 5.69 Å². The van der Waals surface area contributed by atoms with Gasteiger partial charge in [0, 0.05) is 31.5 Å². The van der Waals surface area contributed by atoms with Crippen LogP contribution < -0.4 is 4.57 Å². The number of halogens is 2. The summed E-state index contributed by atoms with van der Waals surface area (Å²) in [7, 11) is 0. The van der Waals surface area contributed by atoms with Gasteiger partial charge in [-0.25, -0.2) is 8.78 Å². The van der Waals surface area contributed by atoms with Gasteiger partial charge in [0.1, 0.15) is 11.6 Å². The molecule has 2 aliphatic rings. The van der Waals surface area contributed by atoms with Crippen molar-refractivity contribution in [2.24, 2.45) is 0 Å². The fourth-order valence-corrected chi connectivity index (χ4v) is 3.88. The minimum atomic E-state index is -0.488.